The number of amides is 1. The van der Waals surface area contributed by atoms with Crippen molar-refractivity contribution in [2.24, 2.45) is 0 Å². The van der Waals surface area contributed by atoms with Gasteiger partial charge in [0.25, 0.3) is 5.91 Å². The topological polar surface area (TPSA) is 42.3 Å². The van der Waals surface area contributed by atoms with Gasteiger partial charge in [0.1, 0.15) is 0 Å². The molecule has 4 nitrogen and oxygen atoms in total. The summed E-state index contributed by atoms with van der Waals surface area (Å²) in [6, 6.07) is 10.2. The summed E-state index contributed by atoms with van der Waals surface area (Å²) in [7, 11) is 3.44. The second-order valence-electron chi connectivity index (χ2n) is 4.19. The predicted molar refractivity (Wildman–Crippen MR) is 70.1 cm³/mol. The predicted octanol–water partition coefficient (Wildman–Crippen LogP) is 1.54. The van der Waals surface area contributed by atoms with Crippen molar-refractivity contribution in [2.45, 2.75) is 0 Å². The number of carbonyl (C=O) groups excluding carboxylic acids is 1. The first-order valence-electron chi connectivity index (χ1n) is 5.58. The monoisotopic (exact) mass is 242 g/mol. The minimum atomic E-state index is -0.0264. The van der Waals surface area contributed by atoms with Gasteiger partial charge in [-0.05, 0) is 24.3 Å². The highest BCUT2D eigenvalue weighted by molar-refractivity contribution is 5.94. The van der Waals surface area contributed by atoms with E-state index in [1.54, 1.807) is 38.6 Å². The highest BCUT2D eigenvalue weighted by atomic mass is 16.2. The van der Waals surface area contributed by atoms with E-state index in [-0.39, 0.29) is 11.3 Å². The zero-order chi connectivity index (χ0) is 13.1. The van der Waals surface area contributed by atoms with Crippen LogP contribution in [0, 0.1) is 0 Å². The van der Waals surface area contributed by atoms with Crippen molar-refractivity contribution in [2.75, 3.05) is 14.1 Å². The van der Waals surface area contributed by atoms with E-state index < -0.39 is 0 Å². The van der Waals surface area contributed by atoms with E-state index >= 15 is 0 Å². The fourth-order valence-corrected chi connectivity index (χ4v) is 1.62. The van der Waals surface area contributed by atoms with Gasteiger partial charge in [-0.1, -0.05) is 0 Å². The Morgan fingerprint density at radius 1 is 1.00 bits per heavy atom. The third-order valence-corrected chi connectivity index (χ3v) is 2.62. The van der Waals surface area contributed by atoms with E-state index in [0.717, 1.165) is 5.69 Å². The van der Waals surface area contributed by atoms with Gasteiger partial charge in [-0.15, -0.1) is 0 Å². The molecule has 0 saturated carbocycles. The first kappa shape index (κ1) is 12.1. The van der Waals surface area contributed by atoms with Crippen LogP contribution in [-0.2, 0) is 0 Å². The largest absolute Gasteiger partial charge is 0.345 e. The molecular formula is C14H14N2O2. The zero-order valence-electron chi connectivity index (χ0n) is 10.3. The lowest BCUT2D eigenvalue weighted by Gasteiger charge is -2.11. The SMILES string of the molecule is CN(C)C(=O)c1ccc(-n2ccc(=O)cc2)cc1. The van der Waals surface area contributed by atoms with Crippen LogP contribution in [0.3, 0.4) is 0 Å². The van der Waals surface area contributed by atoms with Crippen LogP contribution in [0.4, 0.5) is 0 Å². The Morgan fingerprint density at radius 2 is 1.56 bits per heavy atom. The quantitative estimate of drug-likeness (QED) is 0.801. The van der Waals surface area contributed by atoms with Crippen molar-refractivity contribution in [1.29, 1.82) is 0 Å². The third-order valence-electron chi connectivity index (χ3n) is 2.62. The molecule has 1 amide bonds. The van der Waals surface area contributed by atoms with Crippen molar-refractivity contribution in [1.82, 2.24) is 9.47 Å². The van der Waals surface area contributed by atoms with Gasteiger partial charge in [0, 0.05) is 49.9 Å². The molecule has 2 aromatic rings. The van der Waals surface area contributed by atoms with Crippen molar-refractivity contribution in [3.05, 3.63) is 64.6 Å². The molecule has 0 aliphatic rings. The highest BCUT2D eigenvalue weighted by Gasteiger charge is 2.07. The van der Waals surface area contributed by atoms with Crippen molar-refractivity contribution in [3.63, 3.8) is 0 Å². The normalized spacial score (nSPS) is 10.1. The van der Waals surface area contributed by atoms with Crippen molar-refractivity contribution in [3.8, 4) is 5.69 Å². The van der Waals surface area contributed by atoms with Gasteiger partial charge in [-0.2, -0.15) is 0 Å². The minimum absolute atomic E-state index is 0.0225. The Balaban J connectivity index is 2.30. The lowest BCUT2D eigenvalue weighted by molar-refractivity contribution is 0.0827. The van der Waals surface area contributed by atoms with Gasteiger partial charge in [-0.3, -0.25) is 9.59 Å². The van der Waals surface area contributed by atoms with Gasteiger partial charge in [0.2, 0.25) is 0 Å². The molecule has 0 saturated heterocycles. The molecule has 0 fully saturated rings. The van der Waals surface area contributed by atoms with Crippen LogP contribution in [-0.4, -0.2) is 29.5 Å². The Hall–Kier alpha value is -2.36. The van der Waals surface area contributed by atoms with Gasteiger partial charge in [0.05, 0.1) is 0 Å². The lowest BCUT2D eigenvalue weighted by Crippen LogP contribution is -2.21. The van der Waals surface area contributed by atoms with Gasteiger partial charge >= 0.3 is 0 Å². The molecule has 0 spiro atoms. The first-order chi connectivity index (χ1) is 8.58. The maximum atomic E-state index is 11.7. The number of carbonyl (C=O) groups is 1. The maximum Gasteiger partial charge on any atom is 0.253 e. The Kier molecular flexibility index (Phi) is 3.28. The number of hydrogen-bond acceptors (Lipinski definition) is 2. The fraction of sp³-hybridized carbons (Fsp3) is 0.143. The Bertz CT molecular complexity index is 592. The van der Waals surface area contributed by atoms with E-state index in [1.807, 2.05) is 16.7 Å². The third kappa shape index (κ3) is 2.48. The standard InChI is InChI=1S/C14H14N2O2/c1-15(2)14(18)11-3-5-12(6-4-11)16-9-7-13(17)8-10-16/h3-10H,1-2H3. The molecule has 92 valence electrons. The zero-order valence-corrected chi connectivity index (χ0v) is 10.3. The van der Waals surface area contributed by atoms with Crippen LogP contribution >= 0.6 is 0 Å². The summed E-state index contributed by atoms with van der Waals surface area (Å²) >= 11 is 0. The van der Waals surface area contributed by atoms with Crippen molar-refractivity contribution < 1.29 is 4.79 Å². The van der Waals surface area contributed by atoms with Gasteiger partial charge in [0.15, 0.2) is 5.43 Å². The molecule has 1 aromatic carbocycles. The maximum absolute atomic E-state index is 11.7. The van der Waals surface area contributed by atoms with E-state index in [2.05, 4.69) is 0 Å². The number of pyridine rings is 1. The molecule has 0 N–H and O–H groups in total. The van der Waals surface area contributed by atoms with Crippen LogP contribution in [0.5, 0.6) is 0 Å². The van der Waals surface area contributed by atoms with Crippen LogP contribution in [0.1, 0.15) is 10.4 Å². The molecular weight excluding hydrogens is 228 g/mol. The number of benzene rings is 1. The fourth-order valence-electron chi connectivity index (χ4n) is 1.62. The summed E-state index contributed by atoms with van der Waals surface area (Å²) in [5.41, 5.74) is 1.53. The summed E-state index contributed by atoms with van der Waals surface area (Å²) in [5.74, 6) is -0.0264. The molecule has 0 bridgehead atoms. The molecule has 0 aliphatic heterocycles. The highest BCUT2D eigenvalue weighted by Crippen LogP contribution is 2.10. The second-order valence-corrected chi connectivity index (χ2v) is 4.19. The van der Waals surface area contributed by atoms with E-state index in [1.165, 1.54) is 17.0 Å². The van der Waals surface area contributed by atoms with E-state index in [9.17, 15) is 9.59 Å². The molecule has 0 radical (unpaired) electrons. The Morgan fingerprint density at radius 3 is 2.06 bits per heavy atom. The van der Waals surface area contributed by atoms with Crippen LogP contribution in [0.2, 0.25) is 0 Å². The summed E-state index contributed by atoms with van der Waals surface area (Å²) in [5, 5.41) is 0. The summed E-state index contributed by atoms with van der Waals surface area (Å²) in [4.78, 5) is 24.3. The molecule has 0 aliphatic carbocycles. The molecule has 18 heavy (non-hydrogen) atoms. The van der Waals surface area contributed by atoms with E-state index in [0.29, 0.717) is 5.56 Å². The summed E-state index contributed by atoms with van der Waals surface area (Å²) in [6.07, 6.45) is 3.40. The summed E-state index contributed by atoms with van der Waals surface area (Å²) in [6.45, 7) is 0. The van der Waals surface area contributed by atoms with Gasteiger partial charge in [-0.25, -0.2) is 0 Å². The van der Waals surface area contributed by atoms with Crippen LogP contribution in [0.15, 0.2) is 53.6 Å². The second kappa shape index (κ2) is 4.87. The smallest absolute Gasteiger partial charge is 0.253 e. The Labute approximate surface area is 105 Å². The molecule has 2 rings (SSSR count). The number of nitrogens with zero attached hydrogens (tertiary/aromatic N) is 2. The summed E-state index contributed by atoms with van der Waals surface area (Å²) < 4.78 is 1.82. The van der Waals surface area contributed by atoms with Crippen molar-refractivity contribution >= 4 is 5.91 Å². The number of rotatable bonds is 2. The first-order valence-corrected chi connectivity index (χ1v) is 5.58. The van der Waals surface area contributed by atoms with Gasteiger partial charge < -0.3 is 9.47 Å². The average Bonchev–Trinajstić information content (AvgIpc) is 2.39. The van der Waals surface area contributed by atoms with Crippen LogP contribution in [0.25, 0.3) is 5.69 Å². The number of aromatic nitrogens is 1. The number of hydrogen-bond donors (Lipinski definition) is 0. The lowest BCUT2D eigenvalue weighted by atomic mass is 10.2. The minimum Gasteiger partial charge on any atom is -0.345 e. The molecule has 0 atom stereocenters. The molecule has 4 heteroatoms. The molecule has 1 aromatic heterocycles. The molecule has 1 heterocycles. The molecule has 0 unspecified atom stereocenters. The average molecular weight is 242 g/mol. The van der Waals surface area contributed by atoms with E-state index in [4.69, 9.17) is 0 Å². The van der Waals surface area contributed by atoms with Crippen LogP contribution < -0.4 is 5.43 Å².